The number of halogens is 1. The number of likely N-dealkylation sites (tertiary alicyclic amines) is 1. The Bertz CT molecular complexity index is 1160. The molecule has 0 atom stereocenters. The van der Waals surface area contributed by atoms with Crippen LogP contribution in [0.1, 0.15) is 40.5 Å². The molecule has 3 heterocycles. The average molecular weight is 424 g/mol. The molecule has 1 fully saturated rings. The van der Waals surface area contributed by atoms with Crippen molar-refractivity contribution in [2.45, 2.75) is 25.3 Å². The van der Waals surface area contributed by atoms with Crippen LogP contribution in [0.15, 0.2) is 47.3 Å². The maximum Gasteiger partial charge on any atom is 0.343 e. The van der Waals surface area contributed by atoms with Gasteiger partial charge in [0, 0.05) is 24.6 Å². The van der Waals surface area contributed by atoms with E-state index in [-0.39, 0.29) is 30.1 Å². The minimum absolute atomic E-state index is 0.0533. The summed E-state index contributed by atoms with van der Waals surface area (Å²) in [6, 6.07) is 11.3. The van der Waals surface area contributed by atoms with E-state index in [1.54, 1.807) is 34.9 Å². The zero-order chi connectivity index (χ0) is 21.4. The Kier molecular flexibility index (Phi) is 4.93. The van der Waals surface area contributed by atoms with Crippen LogP contribution in [0.3, 0.4) is 0 Å². The molecular weight excluding hydrogens is 403 g/mol. The number of piperidine rings is 1. The van der Waals surface area contributed by atoms with Gasteiger partial charge in [0.1, 0.15) is 11.6 Å². The number of amides is 1. The second kappa shape index (κ2) is 7.90. The van der Waals surface area contributed by atoms with E-state index < -0.39 is 0 Å². The summed E-state index contributed by atoms with van der Waals surface area (Å²) in [6.07, 6.45) is 1.40. The van der Waals surface area contributed by atoms with E-state index in [0.29, 0.717) is 55.4 Å². The van der Waals surface area contributed by atoms with Gasteiger partial charge in [0.25, 0.3) is 5.91 Å². The Morgan fingerprint density at radius 3 is 2.61 bits per heavy atom. The molecule has 160 valence electrons. The molecule has 1 aromatic heterocycles. The lowest BCUT2D eigenvalue weighted by atomic mass is 9.95. The van der Waals surface area contributed by atoms with Crippen LogP contribution >= 0.6 is 0 Å². The van der Waals surface area contributed by atoms with Crippen LogP contribution in [-0.4, -0.2) is 45.5 Å². The minimum Gasteiger partial charge on any atom is -0.454 e. The molecule has 5 rings (SSSR count). The first-order valence-corrected chi connectivity index (χ1v) is 10.2. The lowest BCUT2D eigenvalue weighted by molar-refractivity contribution is 0.0710. The summed E-state index contributed by atoms with van der Waals surface area (Å²) in [5.41, 5.74) is 1.09. The Morgan fingerprint density at radius 1 is 1.10 bits per heavy atom. The van der Waals surface area contributed by atoms with Crippen molar-refractivity contribution in [1.82, 2.24) is 19.7 Å². The van der Waals surface area contributed by atoms with Gasteiger partial charge in [0.05, 0.1) is 6.54 Å². The van der Waals surface area contributed by atoms with Crippen LogP contribution in [-0.2, 0) is 6.54 Å². The summed E-state index contributed by atoms with van der Waals surface area (Å²) in [5.74, 6) is 1.59. The average Bonchev–Trinajstić information content (AvgIpc) is 3.41. The second-order valence-electron chi connectivity index (χ2n) is 7.73. The molecule has 1 amide bonds. The number of carbonyl (C=O) groups excluding carboxylic acids is 1. The van der Waals surface area contributed by atoms with E-state index in [1.807, 2.05) is 4.90 Å². The molecule has 0 saturated carbocycles. The number of nitrogens with zero attached hydrogens (tertiary/aromatic N) is 3. The fourth-order valence-electron chi connectivity index (χ4n) is 4.12. The Labute approximate surface area is 177 Å². The van der Waals surface area contributed by atoms with E-state index in [4.69, 9.17) is 9.47 Å². The number of fused-ring (bicyclic) bond motifs is 1. The van der Waals surface area contributed by atoms with Gasteiger partial charge in [0.15, 0.2) is 11.5 Å². The van der Waals surface area contributed by atoms with Crippen LogP contribution in [0.2, 0.25) is 0 Å². The fraction of sp³-hybridized carbons (Fsp3) is 0.318. The SMILES string of the molecule is O=C(c1ccc2c(c1)OCO2)N1CCC(c2n[nH]c(=O)n2Cc2ccc(F)cc2)CC1. The third-order valence-corrected chi connectivity index (χ3v) is 5.81. The monoisotopic (exact) mass is 424 g/mol. The molecule has 0 spiro atoms. The molecule has 1 saturated heterocycles. The second-order valence-corrected chi connectivity index (χ2v) is 7.73. The van der Waals surface area contributed by atoms with Crippen LogP contribution < -0.4 is 15.2 Å². The number of rotatable bonds is 4. The van der Waals surface area contributed by atoms with Gasteiger partial charge in [0.2, 0.25) is 6.79 Å². The van der Waals surface area contributed by atoms with Crippen molar-refractivity contribution in [2.24, 2.45) is 0 Å². The van der Waals surface area contributed by atoms with Gasteiger partial charge >= 0.3 is 5.69 Å². The fourth-order valence-corrected chi connectivity index (χ4v) is 4.12. The predicted molar refractivity (Wildman–Crippen MR) is 109 cm³/mol. The smallest absolute Gasteiger partial charge is 0.343 e. The van der Waals surface area contributed by atoms with Gasteiger partial charge in [-0.05, 0) is 48.7 Å². The molecule has 2 aliphatic rings. The Balaban J connectivity index is 1.27. The lowest BCUT2D eigenvalue weighted by Crippen LogP contribution is -2.38. The summed E-state index contributed by atoms with van der Waals surface area (Å²) < 4.78 is 25.4. The van der Waals surface area contributed by atoms with Crippen LogP contribution in [0.25, 0.3) is 0 Å². The zero-order valence-corrected chi connectivity index (χ0v) is 16.7. The molecule has 9 heteroatoms. The molecule has 0 aliphatic carbocycles. The maximum atomic E-state index is 13.2. The van der Waals surface area contributed by atoms with E-state index in [2.05, 4.69) is 10.2 Å². The molecule has 0 radical (unpaired) electrons. The van der Waals surface area contributed by atoms with Gasteiger partial charge in [-0.1, -0.05) is 12.1 Å². The molecular formula is C22H21FN4O4. The highest BCUT2D eigenvalue weighted by molar-refractivity contribution is 5.95. The zero-order valence-electron chi connectivity index (χ0n) is 16.7. The van der Waals surface area contributed by atoms with Gasteiger partial charge in [-0.15, -0.1) is 0 Å². The van der Waals surface area contributed by atoms with Crippen LogP contribution in [0.5, 0.6) is 11.5 Å². The molecule has 0 bridgehead atoms. The third kappa shape index (κ3) is 3.78. The number of H-pyrrole nitrogens is 1. The van der Waals surface area contributed by atoms with Crippen molar-refractivity contribution in [3.05, 3.63) is 75.7 Å². The number of hydrogen-bond acceptors (Lipinski definition) is 5. The van der Waals surface area contributed by atoms with Gasteiger partial charge in [-0.3, -0.25) is 9.36 Å². The molecule has 2 aliphatic heterocycles. The lowest BCUT2D eigenvalue weighted by Gasteiger charge is -2.31. The highest BCUT2D eigenvalue weighted by Crippen LogP contribution is 2.33. The summed E-state index contributed by atoms with van der Waals surface area (Å²) in [4.78, 5) is 27.0. The van der Waals surface area contributed by atoms with Crippen molar-refractivity contribution in [3.63, 3.8) is 0 Å². The molecule has 8 nitrogen and oxygen atoms in total. The van der Waals surface area contributed by atoms with Crippen molar-refractivity contribution >= 4 is 5.91 Å². The van der Waals surface area contributed by atoms with Crippen molar-refractivity contribution in [1.29, 1.82) is 0 Å². The van der Waals surface area contributed by atoms with Crippen molar-refractivity contribution in [2.75, 3.05) is 19.9 Å². The van der Waals surface area contributed by atoms with E-state index in [0.717, 1.165) is 5.56 Å². The summed E-state index contributed by atoms with van der Waals surface area (Å²) in [5, 5.41) is 6.76. The Hall–Kier alpha value is -3.62. The number of nitrogens with one attached hydrogen (secondary N) is 1. The van der Waals surface area contributed by atoms with Gasteiger partial charge in [-0.2, -0.15) is 5.10 Å². The Morgan fingerprint density at radius 2 is 1.84 bits per heavy atom. The van der Waals surface area contributed by atoms with E-state index in [1.165, 1.54) is 12.1 Å². The van der Waals surface area contributed by atoms with Crippen LogP contribution in [0, 0.1) is 5.82 Å². The topological polar surface area (TPSA) is 89.5 Å². The number of aromatic nitrogens is 3. The summed E-state index contributed by atoms with van der Waals surface area (Å²) in [6.45, 7) is 1.62. The third-order valence-electron chi connectivity index (χ3n) is 5.81. The first kappa shape index (κ1) is 19.3. The molecule has 0 unspecified atom stereocenters. The van der Waals surface area contributed by atoms with Crippen molar-refractivity contribution in [3.8, 4) is 11.5 Å². The van der Waals surface area contributed by atoms with Crippen molar-refractivity contribution < 1.29 is 18.7 Å². The number of ether oxygens (including phenoxy) is 2. The summed E-state index contributed by atoms with van der Waals surface area (Å²) >= 11 is 0. The standard InChI is InChI=1S/C22H21FN4O4/c23-17-4-1-14(2-5-17)12-27-20(24-25-22(27)29)15-7-9-26(10-8-15)21(28)16-3-6-18-19(11-16)31-13-30-18/h1-6,11,15H,7-10,12-13H2,(H,25,29). The molecule has 2 aromatic carbocycles. The van der Waals surface area contributed by atoms with E-state index in [9.17, 15) is 14.0 Å². The number of hydrogen-bond donors (Lipinski definition) is 1. The maximum absolute atomic E-state index is 13.2. The number of benzene rings is 2. The molecule has 31 heavy (non-hydrogen) atoms. The first-order valence-electron chi connectivity index (χ1n) is 10.2. The predicted octanol–water partition coefficient (Wildman–Crippen LogP) is 2.51. The van der Waals surface area contributed by atoms with Gasteiger partial charge in [-0.25, -0.2) is 14.3 Å². The molecule has 1 N–H and O–H groups in total. The highest BCUT2D eigenvalue weighted by Gasteiger charge is 2.29. The summed E-state index contributed by atoms with van der Waals surface area (Å²) in [7, 11) is 0. The normalized spacial score (nSPS) is 16.0. The minimum atomic E-state index is -0.317. The first-order chi connectivity index (χ1) is 15.1. The van der Waals surface area contributed by atoms with Crippen LogP contribution in [0.4, 0.5) is 4.39 Å². The number of carbonyl (C=O) groups is 1. The van der Waals surface area contributed by atoms with E-state index >= 15 is 0 Å². The molecule has 3 aromatic rings. The quantitative estimate of drug-likeness (QED) is 0.695. The van der Waals surface area contributed by atoms with Gasteiger partial charge < -0.3 is 14.4 Å². The largest absolute Gasteiger partial charge is 0.454 e. The highest BCUT2D eigenvalue weighted by atomic mass is 19.1. The number of aromatic amines is 1.